The van der Waals surface area contributed by atoms with E-state index in [1.807, 2.05) is 74.9 Å². The number of aryl methyl sites for hydroxylation is 1. The van der Waals surface area contributed by atoms with E-state index >= 15 is 0 Å². The molecule has 2 amide bonds. The molecule has 30 heavy (non-hydrogen) atoms. The quantitative estimate of drug-likeness (QED) is 0.512. The van der Waals surface area contributed by atoms with Gasteiger partial charge in [-0.3, -0.25) is 0 Å². The molecule has 0 bridgehead atoms. The topological polar surface area (TPSA) is 66.5 Å². The number of likely N-dealkylation sites (N-methyl/N-ethyl adjacent to an activating group) is 1. The Morgan fingerprint density at radius 2 is 1.87 bits per heavy atom. The number of nitrogens with zero attached hydrogens (tertiary/aromatic N) is 2. The molecule has 0 spiro atoms. The lowest BCUT2D eigenvalue weighted by atomic mass is 10.1. The first-order valence-corrected chi connectivity index (χ1v) is 11.2. The zero-order valence-corrected chi connectivity index (χ0v) is 19.1. The molecule has 0 saturated carbocycles. The first kappa shape index (κ1) is 22.1. The number of benzene rings is 2. The second kappa shape index (κ2) is 10.5. The normalized spacial score (nSPS) is 11.9. The maximum Gasteiger partial charge on any atom is 0.319 e. The fraction of sp³-hybridized carbons (Fsp3) is 0.273. The van der Waals surface area contributed by atoms with E-state index in [9.17, 15) is 4.79 Å². The Morgan fingerprint density at radius 1 is 1.17 bits per heavy atom. The van der Waals surface area contributed by atoms with Gasteiger partial charge in [-0.05, 0) is 63.0 Å². The van der Waals surface area contributed by atoms with Gasteiger partial charge in [-0.2, -0.15) is 0 Å². The highest BCUT2D eigenvalue weighted by molar-refractivity contribution is 8.01. The smallest absolute Gasteiger partial charge is 0.319 e. The SMILES string of the molecule is COc1ccc(C(CNC(=O)Nc2ccc(Sc3nc(C)cs3)cc2)N(C)C)cc1. The zero-order chi connectivity index (χ0) is 21.5. The molecule has 1 unspecified atom stereocenters. The summed E-state index contributed by atoms with van der Waals surface area (Å²) in [5.41, 5.74) is 2.89. The lowest BCUT2D eigenvalue weighted by Gasteiger charge is -2.25. The second-order valence-electron chi connectivity index (χ2n) is 6.97. The second-order valence-corrected chi connectivity index (χ2v) is 9.15. The molecule has 0 fully saturated rings. The Labute approximate surface area is 185 Å². The standard InChI is InChI=1S/C22H26N4O2S2/c1-15-14-29-22(24-15)30-19-11-7-17(8-12-19)25-21(27)23-13-20(26(2)3)16-5-9-18(28-4)10-6-16/h5-12,14,20H,13H2,1-4H3,(H2,23,25,27). The Kier molecular flexibility index (Phi) is 7.73. The summed E-state index contributed by atoms with van der Waals surface area (Å²) in [6.45, 7) is 2.48. The molecule has 0 aliphatic rings. The summed E-state index contributed by atoms with van der Waals surface area (Å²) in [7, 11) is 5.64. The van der Waals surface area contributed by atoms with Gasteiger partial charge in [0.05, 0.1) is 13.2 Å². The predicted molar refractivity (Wildman–Crippen MR) is 124 cm³/mol. The van der Waals surface area contributed by atoms with Gasteiger partial charge < -0.3 is 20.3 Å². The molecule has 3 aromatic rings. The van der Waals surface area contributed by atoms with Crippen molar-refractivity contribution >= 4 is 34.8 Å². The first-order valence-electron chi connectivity index (χ1n) is 9.50. The number of hydrogen-bond acceptors (Lipinski definition) is 6. The van der Waals surface area contributed by atoms with E-state index in [0.717, 1.165) is 31.9 Å². The highest BCUT2D eigenvalue weighted by Gasteiger charge is 2.15. The van der Waals surface area contributed by atoms with Crippen LogP contribution >= 0.6 is 23.1 Å². The zero-order valence-electron chi connectivity index (χ0n) is 17.5. The van der Waals surface area contributed by atoms with E-state index in [4.69, 9.17) is 4.74 Å². The third kappa shape index (κ3) is 6.22. The van der Waals surface area contributed by atoms with Crippen molar-refractivity contribution in [3.63, 3.8) is 0 Å². The molecular formula is C22H26N4O2S2. The largest absolute Gasteiger partial charge is 0.497 e. The number of urea groups is 1. The number of aromatic nitrogens is 1. The molecule has 2 aromatic carbocycles. The lowest BCUT2D eigenvalue weighted by molar-refractivity contribution is 0.243. The number of ether oxygens (including phenoxy) is 1. The van der Waals surface area contributed by atoms with Crippen LogP contribution in [-0.2, 0) is 0 Å². The number of amides is 2. The van der Waals surface area contributed by atoms with E-state index in [1.165, 1.54) is 0 Å². The fourth-order valence-corrected chi connectivity index (χ4v) is 4.69. The molecule has 1 aromatic heterocycles. The molecule has 0 radical (unpaired) electrons. The number of carbonyl (C=O) groups is 1. The van der Waals surface area contributed by atoms with Crippen molar-refractivity contribution in [2.24, 2.45) is 0 Å². The summed E-state index contributed by atoms with van der Waals surface area (Å²) in [5, 5.41) is 7.89. The van der Waals surface area contributed by atoms with Crippen LogP contribution < -0.4 is 15.4 Å². The van der Waals surface area contributed by atoms with Crippen LogP contribution in [0.3, 0.4) is 0 Å². The van der Waals surface area contributed by atoms with Crippen molar-refractivity contribution in [1.29, 1.82) is 0 Å². The Balaban J connectivity index is 1.53. The molecule has 8 heteroatoms. The van der Waals surface area contributed by atoms with Crippen LogP contribution in [0.5, 0.6) is 5.75 Å². The third-order valence-corrected chi connectivity index (χ3v) is 6.56. The first-order chi connectivity index (χ1) is 14.4. The molecule has 158 valence electrons. The van der Waals surface area contributed by atoms with Crippen LogP contribution in [0, 0.1) is 6.92 Å². The minimum atomic E-state index is -0.230. The molecular weight excluding hydrogens is 416 g/mol. The Morgan fingerprint density at radius 3 is 2.43 bits per heavy atom. The van der Waals surface area contributed by atoms with Gasteiger partial charge in [0.15, 0.2) is 4.34 Å². The summed E-state index contributed by atoms with van der Waals surface area (Å²) in [6.07, 6.45) is 0. The molecule has 2 N–H and O–H groups in total. The van der Waals surface area contributed by atoms with E-state index in [0.29, 0.717) is 6.54 Å². The minimum absolute atomic E-state index is 0.0576. The van der Waals surface area contributed by atoms with Crippen molar-refractivity contribution in [3.05, 3.63) is 65.2 Å². The van der Waals surface area contributed by atoms with Gasteiger partial charge in [0.25, 0.3) is 0 Å². The molecule has 1 heterocycles. The van der Waals surface area contributed by atoms with Crippen molar-refractivity contribution in [3.8, 4) is 5.75 Å². The van der Waals surface area contributed by atoms with Gasteiger partial charge in [-0.25, -0.2) is 9.78 Å². The van der Waals surface area contributed by atoms with Crippen molar-refractivity contribution < 1.29 is 9.53 Å². The Bertz CT molecular complexity index is 956. The number of anilines is 1. The van der Waals surface area contributed by atoms with E-state index in [2.05, 4.69) is 20.5 Å². The van der Waals surface area contributed by atoms with Gasteiger partial charge in [-0.1, -0.05) is 23.9 Å². The highest BCUT2D eigenvalue weighted by atomic mass is 32.2. The summed E-state index contributed by atoms with van der Waals surface area (Å²) >= 11 is 3.25. The van der Waals surface area contributed by atoms with Gasteiger partial charge in [0.2, 0.25) is 0 Å². The van der Waals surface area contributed by atoms with Gasteiger partial charge in [-0.15, -0.1) is 11.3 Å². The summed E-state index contributed by atoms with van der Waals surface area (Å²) in [6, 6.07) is 15.5. The van der Waals surface area contributed by atoms with Gasteiger partial charge in [0, 0.05) is 28.2 Å². The predicted octanol–water partition coefficient (Wildman–Crippen LogP) is 5.04. The van der Waals surface area contributed by atoms with E-state index in [-0.39, 0.29) is 12.1 Å². The van der Waals surface area contributed by atoms with Crippen LogP contribution in [-0.4, -0.2) is 43.7 Å². The number of nitrogens with one attached hydrogen (secondary N) is 2. The molecule has 0 aliphatic heterocycles. The van der Waals surface area contributed by atoms with Gasteiger partial charge in [0.1, 0.15) is 5.75 Å². The molecule has 3 rings (SSSR count). The number of methoxy groups -OCH3 is 1. The molecule has 1 atom stereocenters. The summed E-state index contributed by atoms with van der Waals surface area (Å²) in [5.74, 6) is 0.813. The Hall–Kier alpha value is -2.55. The van der Waals surface area contributed by atoms with Crippen LogP contribution in [0.2, 0.25) is 0 Å². The monoisotopic (exact) mass is 442 g/mol. The minimum Gasteiger partial charge on any atom is -0.497 e. The van der Waals surface area contributed by atoms with E-state index < -0.39 is 0 Å². The van der Waals surface area contributed by atoms with Crippen molar-refractivity contribution in [1.82, 2.24) is 15.2 Å². The van der Waals surface area contributed by atoms with Crippen LogP contribution in [0.25, 0.3) is 0 Å². The van der Waals surface area contributed by atoms with Crippen molar-refractivity contribution in [2.45, 2.75) is 22.2 Å². The number of thiazole rings is 1. The molecule has 0 saturated heterocycles. The summed E-state index contributed by atoms with van der Waals surface area (Å²) in [4.78, 5) is 20.0. The average molecular weight is 443 g/mol. The third-order valence-electron chi connectivity index (χ3n) is 4.50. The highest BCUT2D eigenvalue weighted by Crippen LogP contribution is 2.30. The van der Waals surface area contributed by atoms with Crippen LogP contribution in [0.1, 0.15) is 17.3 Å². The lowest BCUT2D eigenvalue weighted by Crippen LogP contribution is -2.36. The van der Waals surface area contributed by atoms with Crippen LogP contribution in [0.15, 0.2) is 63.1 Å². The van der Waals surface area contributed by atoms with Crippen molar-refractivity contribution in [2.75, 3.05) is 33.1 Å². The molecule has 6 nitrogen and oxygen atoms in total. The number of hydrogen-bond donors (Lipinski definition) is 2. The molecule has 0 aliphatic carbocycles. The summed E-state index contributed by atoms with van der Waals surface area (Å²) < 4.78 is 6.23. The maximum absolute atomic E-state index is 12.4. The number of carbonyl (C=O) groups excluding carboxylic acids is 1. The van der Waals surface area contributed by atoms with E-state index in [1.54, 1.807) is 30.2 Å². The van der Waals surface area contributed by atoms with Crippen LogP contribution in [0.4, 0.5) is 10.5 Å². The maximum atomic E-state index is 12.4. The fourth-order valence-electron chi connectivity index (χ4n) is 2.88. The average Bonchev–Trinajstić information content (AvgIpc) is 3.14. The van der Waals surface area contributed by atoms with Gasteiger partial charge >= 0.3 is 6.03 Å². The number of rotatable bonds is 8.